The van der Waals surface area contributed by atoms with Gasteiger partial charge in [-0.2, -0.15) is 0 Å². The molecule has 0 aromatic heterocycles. The fourth-order valence-corrected chi connectivity index (χ4v) is 2.38. The predicted molar refractivity (Wildman–Crippen MR) is 87.5 cm³/mol. The third-order valence-corrected chi connectivity index (χ3v) is 4.06. The standard InChI is InChI=1S/C19H19F2NO2/c1-13(15-8-9-16(20)17(21)12-15)22(2)19(24)11-10-18(23)14-6-4-3-5-7-14/h3-9,12-13H,10-11H2,1-2H3. The van der Waals surface area contributed by atoms with E-state index in [0.29, 0.717) is 11.1 Å². The lowest BCUT2D eigenvalue weighted by Gasteiger charge is -2.25. The third-order valence-electron chi connectivity index (χ3n) is 4.06. The van der Waals surface area contributed by atoms with Gasteiger partial charge < -0.3 is 4.90 Å². The first-order chi connectivity index (χ1) is 11.4. The largest absolute Gasteiger partial charge is 0.339 e. The lowest BCUT2D eigenvalue weighted by atomic mass is 10.0. The molecule has 0 aliphatic rings. The van der Waals surface area contributed by atoms with Crippen LogP contribution in [0, 0.1) is 11.6 Å². The summed E-state index contributed by atoms with van der Waals surface area (Å²) in [6, 6.07) is 11.9. The maximum Gasteiger partial charge on any atom is 0.223 e. The van der Waals surface area contributed by atoms with Gasteiger partial charge in [-0.05, 0) is 24.6 Å². The number of carbonyl (C=O) groups excluding carboxylic acids is 2. The lowest BCUT2D eigenvalue weighted by molar-refractivity contribution is -0.131. The Labute approximate surface area is 139 Å². The van der Waals surface area contributed by atoms with Crippen LogP contribution < -0.4 is 0 Å². The summed E-state index contributed by atoms with van der Waals surface area (Å²) in [6.07, 6.45) is 0.177. The van der Waals surface area contributed by atoms with Gasteiger partial charge in [0.05, 0.1) is 6.04 Å². The summed E-state index contributed by atoms with van der Waals surface area (Å²) >= 11 is 0. The summed E-state index contributed by atoms with van der Waals surface area (Å²) in [5.41, 5.74) is 1.07. The number of benzene rings is 2. The van der Waals surface area contributed by atoms with Gasteiger partial charge in [0.15, 0.2) is 17.4 Å². The van der Waals surface area contributed by atoms with E-state index in [0.717, 1.165) is 12.1 Å². The first-order valence-electron chi connectivity index (χ1n) is 7.69. The maximum atomic E-state index is 13.3. The Hall–Kier alpha value is -2.56. The number of hydrogen-bond acceptors (Lipinski definition) is 2. The molecule has 0 spiro atoms. The smallest absolute Gasteiger partial charge is 0.223 e. The Morgan fingerprint density at radius 2 is 1.67 bits per heavy atom. The second-order valence-corrected chi connectivity index (χ2v) is 5.64. The number of amides is 1. The highest BCUT2D eigenvalue weighted by Gasteiger charge is 2.19. The summed E-state index contributed by atoms with van der Waals surface area (Å²) in [7, 11) is 1.58. The van der Waals surface area contributed by atoms with Crippen LogP contribution in [0.2, 0.25) is 0 Å². The molecule has 0 saturated carbocycles. The number of ketones is 1. The van der Waals surface area contributed by atoms with Gasteiger partial charge in [-0.1, -0.05) is 36.4 Å². The van der Waals surface area contributed by atoms with Gasteiger partial charge in [0.2, 0.25) is 5.91 Å². The van der Waals surface area contributed by atoms with Gasteiger partial charge in [-0.3, -0.25) is 9.59 Å². The van der Waals surface area contributed by atoms with E-state index in [9.17, 15) is 18.4 Å². The highest BCUT2D eigenvalue weighted by Crippen LogP contribution is 2.22. The number of nitrogens with zero attached hydrogens (tertiary/aromatic N) is 1. The van der Waals surface area contributed by atoms with Gasteiger partial charge in [0.1, 0.15) is 0 Å². The Morgan fingerprint density at radius 3 is 2.29 bits per heavy atom. The fourth-order valence-electron chi connectivity index (χ4n) is 2.38. The number of hydrogen-bond donors (Lipinski definition) is 0. The van der Waals surface area contributed by atoms with Gasteiger partial charge >= 0.3 is 0 Å². The summed E-state index contributed by atoms with van der Waals surface area (Å²) in [6.45, 7) is 1.73. The van der Waals surface area contributed by atoms with Gasteiger partial charge in [-0.25, -0.2) is 8.78 Å². The van der Waals surface area contributed by atoms with Crippen LogP contribution in [0.3, 0.4) is 0 Å². The molecule has 0 fully saturated rings. The molecule has 0 aliphatic heterocycles. The van der Waals surface area contributed by atoms with Crippen LogP contribution in [0.4, 0.5) is 8.78 Å². The minimum Gasteiger partial charge on any atom is -0.339 e. The molecule has 1 atom stereocenters. The van der Waals surface area contributed by atoms with Crippen molar-refractivity contribution in [2.45, 2.75) is 25.8 Å². The van der Waals surface area contributed by atoms with Crippen molar-refractivity contribution < 1.29 is 18.4 Å². The van der Waals surface area contributed by atoms with Crippen LogP contribution in [-0.2, 0) is 4.79 Å². The van der Waals surface area contributed by atoms with Crippen LogP contribution in [0.5, 0.6) is 0 Å². The van der Waals surface area contributed by atoms with Gasteiger partial charge in [-0.15, -0.1) is 0 Å². The number of carbonyl (C=O) groups is 2. The van der Waals surface area contributed by atoms with Crippen molar-refractivity contribution in [2.24, 2.45) is 0 Å². The summed E-state index contributed by atoms with van der Waals surface area (Å²) in [4.78, 5) is 25.7. The Morgan fingerprint density at radius 1 is 1.00 bits per heavy atom. The zero-order valence-corrected chi connectivity index (χ0v) is 13.6. The van der Waals surface area contributed by atoms with Crippen LogP contribution in [0.1, 0.15) is 41.7 Å². The molecule has 0 heterocycles. The predicted octanol–water partition coefficient (Wildman–Crippen LogP) is 4.15. The van der Waals surface area contributed by atoms with E-state index < -0.39 is 17.7 Å². The van der Waals surface area contributed by atoms with E-state index in [-0.39, 0.29) is 24.5 Å². The Kier molecular flexibility index (Phi) is 5.79. The number of rotatable bonds is 6. The minimum atomic E-state index is -0.945. The van der Waals surface area contributed by atoms with Gasteiger partial charge in [0.25, 0.3) is 0 Å². The molecule has 0 saturated heterocycles. The summed E-state index contributed by atoms with van der Waals surface area (Å²) in [5.74, 6) is -2.19. The molecule has 3 nitrogen and oxygen atoms in total. The van der Waals surface area contributed by atoms with Crippen molar-refractivity contribution in [2.75, 3.05) is 7.05 Å². The normalized spacial score (nSPS) is 11.8. The van der Waals surface area contributed by atoms with Crippen LogP contribution >= 0.6 is 0 Å². The molecule has 0 radical (unpaired) electrons. The Balaban J connectivity index is 1.96. The van der Waals surface area contributed by atoms with Crippen LogP contribution in [-0.4, -0.2) is 23.6 Å². The topological polar surface area (TPSA) is 37.4 Å². The minimum absolute atomic E-state index is 0.0677. The second kappa shape index (κ2) is 7.81. The first-order valence-corrected chi connectivity index (χ1v) is 7.69. The quantitative estimate of drug-likeness (QED) is 0.746. The average molecular weight is 331 g/mol. The molecule has 0 bridgehead atoms. The van der Waals surface area contributed by atoms with E-state index in [1.165, 1.54) is 11.0 Å². The molecule has 2 aromatic rings. The highest BCUT2D eigenvalue weighted by molar-refractivity contribution is 5.97. The highest BCUT2D eigenvalue weighted by atomic mass is 19.2. The molecule has 2 aromatic carbocycles. The van der Waals surface area contributed by atoms with Crippen molar-refractivity contribution in [1.29, 1.82) is 0 Å². The van der Waals surface area contributed by atoms with Crippen molar-refractivity contribution >= 4 is 11.7 Å². The van der Waals surface area contributed by atoms with E-state index >= 15 is 0 Å². The van der Waals surface area contributed by atoms with E-state index in [4.69, 9.17) is 0 Å². The van der Waals surface area contributed by atoms with Crippen molar-refractivity contribution in [3.63, 3.8) is 0 Å². The van der Waals surface area contributed by atoms with Crippen molar-refractivity contribution in [3.05, 3.63) is 71.3 Å². The fraction of sp³-hybridized carbons (Fsp3) is 0.263. The molecule has 5 heteroatoms. The monoisotopic (exact) mass is 331 g/mol. The summed E-state index contributed by atoms with van der Waals surface area (Å²) < 4.78 is 26.3. The second-order valence-electron chi connectivity index (χ2n) is 5.64. The first kappa shape index (κ1) is 17.8. The summed E-state index contributed by atoms with van der Waals surface area (Å²) in [5, 5.41) is 0. The van der Waals surface area contributed by atoms with Crippen molar-refractivity contribution in [3.8, 4) is 0 Å². The zero-order valence-electron chi connectivity index (χ0n) is 13.6. The SMILES string of the molecule is CC(c1ccc(F)c(F)c1)N(C)C(=O)CCC(=O)c1ccccc1. The molecule has 24 heavy (non-hydrogen) atoms. The molecule has 2 rings (SSSR count). The number of halogens is 2. The van der Waals surface area contributed by atoms with Gasteiger partial charge in [0, 0.05) is 25.5 Å². The van der Waals surface area contributed by atoms with Crippen LogP contribution in [0.15, 0.2) is 48.5 Å². The maximum absolute atomic E-state index is 13.3. The van der Waals surface area contributed by atoms with E-state index in [1.54, 1.807) is 38.2 Å². The number of Topliss-reactive ketones (excluding diaryl/α,β-unsaturated/α-hetero) is 1. The Bertz CT molecular complexity index is 731. The molecular weight excluding hydrogens is 312 g/mol. The molecule has 1 amide bonds. The van der Waals surface area contributed by atoms with E-state index in [2.05, 4.69) is 0 Å². The zero-order chi connectivity index (χ0) is 17.7. The third kappa shape index (κ3) is 4.25. The average Bonchev–Trinajstić information content (AvgIpc) is 2.61. The molecule has 126 valence electrons. The van der Waals surface area contributed by atoms with Crippen molar-refractivity contribution in [1.82, 2.24) is 4.90 Å². The van der Waals surface area contributed by atoms with E-state index in [1.807, 2.05) is 6.07 Å². The molecule has 1 unspecified atom stereocenters. The lowest BCUT2D eigenvalue weighted by Crippen LogP contribution is -2.30. The molecule has 0 N–H and O–H groups in total. The molecule has 0 aliphatic carbocycles. The van der Waals surface area contributed by atoms with Crippen LogP contribution in [0.25, 0.3) is 0 Å². The molecular formula is C19H19F2NO2.